The fraction of sp³-hybridized carbons (Fsp3) is 0.933. The van der Waals surface area contributed by atoms with Gasteiger partial charge in [-0.25, -0.2) is 4.79 Å². The van der Waals surface area contributed by atoms with Crippen LogP contribution >= 0.6 is 0 Å². The summed E-state index contributed by atoms with van der Waals surface area (Å²) in [5.41, 5.74) is 0.0360. The van der Waals surface area contributed by atoms with Crippen molar-refractivity contribution in [3.05, 3.63) is 0 Å². The largest absolute Gasteiger partial charge is 0.505 e. The summed E-state index contributed by atoms with van der Waals surface area (Å²) < 4.78 is 16.7. The summed E-state index contributed by atoms with van der Waals surface area (Å²) in [7, 11) is 0. The fourth-order valence-electron chi connectivity index (χ4n) is 4.06. The zero-order valence-electron chi connectivity index (χ0n) is 12.6. The van der Waals surface area contributed by atoms with Gasteiger partial charge in [-0.15, -0.1) is 0 Å². The number of hydrogen-bond donors (Lipinski definition) is 2. The zero-order chi connectivity index (χ0) is 15.3. The average molecular weight is 300 g/mol. The van der Waals surface area contributed by atoms with Crippen LogP contribution in [0, 0.1) is 23.2 Å². The number of carbonyl (C=O) groups is 1. The van der Waals surface area contributed by atoms with Crippen LogP contribution in [0.2, 0.25) is 0 Å². The molecule has 2 aliphatic carbocycles. The molecule has 1 aliphatic heterocycles. The van der Waals surface area contributed by atoms with Crippen molar-refractivity contribution in [1.29, 1.82) is 0 Å². The molecule has 0 aromatic carbocycles. The Balaban J connectivity index is 1.65. The molecule has 1 heterocycles. The topological polar surface area (TPSA) is 85.2 Å². The first-order chi connectivity index (χ1) is 9.80. The van der Waals surface area contributed by atoms with Crippen LogP contribution < -0.4 is 0 Å². The number of rotatable bonds is 2. The molecule has 0 bridgehead atoms. The van der Waals surface area contributed by atoms with E-state index in [1.54, 1.807) is 0 Å². The van der Waals surface area contributed by atoms with Crippen molar-refractivity contribution in [2.24, 2.45) is 23.2 Å². The molecule has 3 fully saturated rings. The first-order valence-corrected chi connectivity index (χ1v) is 7.62. The molecule has 2 N–H and O–H groups in total. The SMILES string of the molecule is CC1(C)COC2(C[C@@H]3C[C@@H](O)[C@H](COC(=O)O)[C@@H]3C2)OC1. The Hall–Kier alpha value is -0.850. The van der Waals surface area contributed by atoms with Crippen LogP contribution in [-0.2, 0) is 14.2 Å². The minimum Gasteiger partial charge on any atom is -0.450 e. The van der Waals surface area contributed by atoms with E-state index in [1.807, 2.05) is 0 Å². The van der Waals surface area contributed by atoms with E-state index in [1.165, 1.54) is 0 Å². The summed E-state index contributed by atoms with van der Waals surface area (Å²) in [6.07, 6.45) is 0.408. The highest BCUT2D eigenvalue weighted by atomic mass is 16.7. The van der Waals surface area contributed by atoms with E-state index in [4.69, 9.17) is 14.6 Å². The van der Waals surface area contributed by atoms with Crippen molar-refractivity contribution in [2.75, 3.05) is 19.8 Å². The Morgan fingerprint density at radius 1 is 1.29 bits per heavy atom. The molecule has 0 aromatic rings. The lowest BCUT2D eigenvalue weighted by molar-refractivity contribution is -0.298. The molecule has 0 unspecified atom stereocenters. The maximum absolute atomic E-state index is 10.6. The number of fused-ring (bicyclic) bond motifs is 1. The van der Waals surface area contributed by atoms with Gasteiger partial charge in [0.1, 0.15) is 6.61 Å². The van der Waals surface area contributed by atoms with E-state index in [0.717, 1.165) is 12.8 Å². The standard InChI is InChI=1S/C15H24O6/c1-14(2)7-20-15(21-8-14)4-9-3-12(16)11(10(9)5-15)6-19-13(17)18/h9-12,16H,3-8H2,1-2H3,(H,17,18)/t9-,10+,11+,12+/m0/s1. The molecule has 0 aromatic heterocycles. The first-order valence-electron chi connectivity index (χ1n) is 7.62. The highest BCUT2D eigenvalue weighted by Gasteiger charge is 2.57. The molecule has 120 valence electrons. The van der Waals surface area contributed by atoms with Gasteiger partial charge in [-0.2, -0.15) is 0 Å². The van der Waals surface area contributed by atoms with Gasteiger partial charge in [0, 0.05) is 24.2 Å². The van der Waals surface area contributed by atoms with E-state index in [2.05, 4.69) is 18.6 Å². The van der Waals surface area contributed by atoms with Crippen molar-refractivity contribution < 1.29 is 29.2 Å². The maximum Gasteiger partial charge on any atom is 0.505 e. The number of hydrogen-bond acceptors (Lipinski definition) is 5. The lowest BCUT2D eigenvalue weighted by Crippen LogP contribution is -2.46. The molecule has 1 saturated heterocycles. The normalized spacial score (nSPS) is 40.1. The third kappa shape index (κ3) is 2.89. The van der Waals surface area contributed by atoms with Crippen LogP contribution in [0.3, 0.4) is 0 Å². The molecule has 2 saturated carbocycles. The second-order valence-electron chi connectivity index (χ2n) is 7.53. The summed E-state index contributed by atoms with van der Waals surface area (Å²) in [6.45, 7) is 5.63. The van der Waals surface area contributed by atoms with Crippen LogP contribution in [0.1, 0.15) is 33.1 Å². The van der Waals surface area contributed by atoms with Gasteiger partial charge >= 0.3 is 6.16 Å². The minimum atomic E-state index is -1.29. The van der Waals surface area contributed by atoms with E-state index >= 15 is 0 Å². The molecular weight excluding hydrogens is 276 g/mol. The molecule has 0 amide bonds. The summed E-state index contributed by atoms with van der Waals surface area (Å²) in [5, 5.41) is 18.8. The van der Waals surface area contributed by atoms with Crippen LogP contribution in [0.15, 0.2) is 0 Å². The summed E-state index contributed by atoms with van der Waals surface area (Å²) in [4.78, 5) is 10.6. The van der Waals surface area contributed by atoms with Crippen molar-refractivity contribution >= 4 is 6.16 Å². The van der Waals surface area contributed by atoms with Crippen LogP contribution in [-0.4, -0.2) is 48.1 Å². The Morgan fingerprint density at radius 2 is 1.95 bits per heavy atom. The van der Waals surface area contributed by atoms with Crippen molar-refractivity contribution in [3.63, 3.8) is 0 Å². The number of carboxylic acid groups (broad SMARTS) is 1. The number of aliphatic hydroxyl groups is 1. The first kappa shape index (κ1) is 15.1. The van der Waals surface area contributed by atoms with Crippen molar-refractivity contribution in [3.8, 4) is 0 Å². The molecule has 4 atom stereocenters. The Morgan fingerprint density at radius 3 is 2.57 bits per heavy atom. The van der Waals surface area contributed by atoms with E-state index < -0.39 is 18.0 Å². The Labute approximate surface area is 124 Å². The van der Waals surface area contributed by atoms with Gasteiger partial charge in [0.15, 0.2) is 5.79 Å². The van der Waals surface area contributed by atoms with E-state index in [-0.39, 0.29) is 23.9 Å². The van der Waals surface area contributed by atoms with E-state index in [9.17, 15) is 9.90 Å². The lowest BCUT2D eigenvalue weighted by Gasteiger charge is -2.42. The Kier molecular flexibility index (Phi) is 3.66. The highest BCUT2D eigenvalue weighted by molar-refractivity contribution is 5.56. The van der Waals surface area contributed by atoms with Gasteiger partial charge in [-0.1, -0.05) is 13.8 Å². The third-order valence-corrected chi connectivity index (χ3v) is 5.16. The lowest BCUT2D eigenvalue weighted by atomic mass is 9.91. The highest BCUT2D eigenvalue weighted by Crippen LogP contribution is 2.54. The van der Waals surface area contributed by atoms with Crippen LogP contribution in [0.25, 0.3) is 0 Å². The smallest absolute Gasteiger partial charge is 0.450 e. The second-order valence-corrected chi connectivity index (χ2v) is 7.53. The summed E-state index contributed by atoms with van der Waals surface area (Å²) >= 11 is 0. The predicted molar refractivity (Wildman–Crippen MR) is 72.7 cm³/mol. The monoisotopic (exact) mass is 300 g/mol. The van der Waals surface area contributed by atoms with Gasteiger partial charge in [0.05, 0.1) is 19.3 Å². The second kappa shape index (κ2) is 5.11. The fourth-order valence-corrected chi connectivity index (χ4v) is 4.06. The van der Waals surface area contributed by atoms with Gasteiger partial charge in [0.25, 0.3) is 0 Å². The minimum absolute atomic E-state index is 0.0360. The third-order valence-electron chi connectivity index (χ3n) is 5.16. The van der Waals surface area contributed by atoms with E-state index in [0.29, 0.717) is 25.6 Å². The van der Waals surface area contributed by atoms with Gasteiger partial charge in [-0.3, -0.25) is 0 Å². The molecule has 6 nitrogen and oxygen atoms in total. The van der Waals surface area contributed by atoms with Gasteiger partial charge in [0.2, 0.25) is 0 Å². The quantitative estimate of drug-likeness (QED) is 0.757. The molecule has 3 aliphatic rings. The molecule has 1 spiro atoms. The maximum atomic E-state index is 10.6. The molecule has 21 heavy (non-hydrogen) atoms. The van der Waals surface area contributed by atoms with Crippen molar-refractivity contribution in [1.82, 2.24) is 0 Å². The number of aliphatic hydroxyl groups excluding tert-OH is 1. The Bertz CT molecular complexity index is 410. The zero-order valence-corrected chi connectivity index (χ0v) is 12.6. The summed E-state index contributed by atoms with van der Waals surface area (Å²) in [5.74, 6) is -0.149. The van der Waals surface area contributed by atoms with Gasteiger partial charge < -0.3 is 24.4 Å². The average Bonchev–Trinajstić information content (AvgIpc) is 2.85. The van der Waals surface area contributed by atoms with Crippen LogP contribution in [0.4, 0.5) is 4.79 Å². The van der Waals surface area contributed by atoms with Gasteiger partial charge in [-0.05, 0) is 18.3 Å². The molecular formula is C15H24O6. The molecule has 0 radical (unpaired) electrons. The van der Waals surface area contributed by atoms with Crippen molar-refractivity contribution in [2.45, 2.75) is 45.0 Å². The van der Waals surface area contributed by atoms with Crippen LogP contribution in [0.5, 0.6) is 0 Å². The molecule has 6 heteroatoms. The molecule has 3 rings (SSSR count). The predicted octanol–water partition coefficient (Wildman–Crippen LogP) is 1.86. The summed E-state index contributed by atoms with van der Waals surface area (Å²) in [6, 6.07) is 0. The number of ether oxygens (including phenoxy) is 3.